The normalized spacial score (nSPS) is 18.3. The lowest BCUT2D eigenvalue weighted by Crippen LogP contribution is -2.35. The maximum atomic E-state index is 11.7. The van der Waals surface area contributed by atoms with Crippen molar-refractivity contribution in [2.24, 2.45) is 0 Å². The van der Waals surface area contributed by atoms with E-state index >= 15 is 0 Å². The van der Waals surface area contributed by atoms with Crippen LogP contribution in [0.4, 0.5) is 0 Å². The minimum Gasteiger partial charge on any atom is -0.492 e. The van der Waals surface area contributed by atoms with Crippen molar-refractivity contribution >= 4 is 29.1 Å². The molecule has 0 spiro atoms. The number of nitriles is 1. The maximum Gasteiger partial charge on any atom is 0.220 e. The predicted molar refractivity (Wildman–Crippen MR) is 207 cm³/mol. The van der Waals surface area contributed by atoms with Crippen molar-refractivity contribution in [3.63, 3.8) is 0 Å². The summed E-state index contributed by atoms with van der Waals surface area (Å²) in [6.07, 6.45) is 10.9. The highest BCUT2D eigenvalue weighted by atomic mass is 35.5. The van der Waals surface area contributed by atoms with Gasteiger partial charge in [-0.2, -0.15) is 5.26 Å². The molecule has 7 rings (SSSR count). The Bertz CT molecular complexity index is 1960. The summed E-state index contributed by atoms with van der Waals surface area (Å²) in [6, 6.07) is 20.0. The Kier molecular flexibility index (Phi) is 12.3. The summed E-state index contributed by atoms with van der Waals surface area (Å²) in [5.41, 5.74) is 6.45. The zero-order valence-corrected chi connectivity index (χ0v) is 31.4. The summed E-state index contributed by atoms with van der Waals surface area (Å²) < 4.78 is 19.2. The molecule has 0 radical (unpaired) electrons. The number of benzene rings is 3. The van der Waals surface area contributed by atoms with E-state index in [0.717, 1.165) is 60.0 Å². The number of hydrogen-bond donors (Lipinski definition) is 2. The number of ether oxygens (including phenoxy) is 3. The summed E-state index contributed by atoms with van der Waals surface area (Å²) >= 11 is 13.9. The number of pyridine rings is 1. The number of piperidine rings is 1. The van der Waals surface area contributed by atoms with E-state index in [0.29, 0.717) is 59.0 Å². The molecule has 276 valence electrons. The number of amides is 1. The first kappa shape index (κ1) is 37.0. The van der Waals surface area contributed by atoms with E-state index in [-0.39, 0.29) is 24.7 Å². The predicted octanol–water partition coefficient (Wildman–Crippen LogP) is 8.20. The Morgan fingerprint density at radius 2 is 1.79 bits per heavy atom. The van der Waals surface area contributed by atoms with Crippen LogP contribution in [0.5, 0.6) is 17.2 Å². The topological polar surface area (TPSA) is 109 Å². The van der Waals surface area contributed by atoms with Gasteiger partial charge in [0, 0.05) is 67.2 Å². The monoisotopic (exact) mass is 753 g/mol. The number of carbonyl (C=O) groups excluding carboxylic acids is 1. The van der Waals surface area contributed by atoms with Crippen molar-refractivity contribution in [3.05, 3.63) is 105 Å². The van der Waals surface area contributed by atoms with Crippen LogP contribution >= 0.6 is 23.2 Å². The highest BCUT2D eigenvalue weighted by molar-refractivity contribution is 6.35. The van der Waals surface area contributed by atoms with Crippen LogP contribution in [0.3, 0.4) is 0 Å². The van der Waals surface area contributed by atoms with Gasteiger partial charge < -0.3 is 29.7 Å². The van der Waals surface area contributed by atoms with E-state index in [4.69, 9.17) is 37.4 Å². The van der Waals surface area contributed by atoms with Gasteiger partial charge >= 0.3 is 0 Å². The molecule has 0 unspecified atom stereocenters. The van der Waals surface area contributed by atoms with Crippen LogP contribution in [0.15, 0.2) is 67.0 Å². The van der Waals surface area contributed by atoms with E-state index < -0.39 is 0 Å². The van der Waals surface area contributed by atoms with Gasteiger partial charge in [0.05, 0.1) is 22.2 Å². The molecule has 9 nitrogen and oxygen atoms in total. The number of likely N-dealkylation sites (tertiary alicyclic amines) is 1. The number of rotatable bonds is 15. The first-order valence-electron chi connectivity index (χ1n) is 18.7. The minimum absolute atomic E-state index is 0.0821. The Balaban J connectivity index is 1.06. The molecular weight excluding hydrogens is 709 g/mol. The third-order valence-corrected chi connectivity index (χ3v) is 11.0. The first-order valence-corrected chi connectivity index (χ1v) is 19.4. The standard InChI is InChI=1S/C42H45Cl2N5O4/c43-36-20-30(25-47-26-31-11-14-41(50)48-31)39(52-27-29-19-28(22-45)23-46-24-29)21-40(36)53-37-13-12-33-32(7-4-8-34(33)37)35-9-5-10-38(42(35)44)51-18-6-17-49-15-2-1-3-16-49/h4-5,7-10,19-21,23-24,31,37,47H,1-3,6,11-18,25-27H2,(H,48,50)/t31-,37-/m0/s1. The molecule has 53 heavy (non-hydrogen) atoms. The van der Waals surface area contributed by atoms with Crippen LogP contribution in [0.1, 0.15) is 78.9 Å². The minimum atomic E-state index is -0.213. The number of fused-ring (bicyclic) bond motifs is 1. The molecule has 2 saturated heterocycles. The molecule has 3 aliphatic rings. The number of nitrogens with zero attached hydrogens (tertiary/aromatic N) is 3. The number of halogens is 2. The fourth-order valence-electron chi connectivity index (χ4n) is 7.57. The van der Waals surface area contributed by atoms with Gasteiger partial charge in [0.1, 0.15) is 36.0 Å². The largest absolute Gasteiger partial charge is 0.492 e. The van der Waals surface area contributed by atoms with Crippen molar-refractivity contribution in [1.82, 2.24) is 20.5 Å². The highest BCUT2D eigenvalue weighted by Crippen LogP contribution is 2.45. The lowest BCUT2D eigenvalue weighted by atomic mass is 9.96. The van der Waals surface area contributed by atoms with Crippen LogP contribution in [0.25, 0.3) is 11.1 Å². The number of hydrogen-bond acceptors (Lipinski definition) is 8. The molecule has 2 fully saturated rings. The zero-order valence-electron chi connectivity index (χ0n) is 29.8. The summed E-state index contributed by atoms with van der Waals surface area (Å²) in [5.74, 6) is 1.93. The smallest absolute Gasteiger partial charge is 0.220 e. The number of carbonyl (C=O) groups is 1. The molecule has 2 aliphatic heterocycles. The van der Waals surface area contributed by atoms with E-state index in [1.54, 1.807) is 12.3 Å². The van der Waals surface area contributed by atoms with Crippen LogP contribution in [0.2, 0.25) is 10.0 Å². The van der Waals surface area contributed by atoms with Crippen molar-refractivity contribution < 1.29 is 19.0 Å². The Morgan fingerprint density at radius 3 is 2.62 bits per heavy atom. The van der Waals surface area contributed by atoms with Crippen molar-refractivity contribution in [2.45, 2.75) is 76.7 Å². The molecule has 0 bridgehead atoms. The van der Waals surface area contributed by atoms with E-state index in [1.807, 2.05) is 24.3 Å². The molecule has 1 aromatic heterocycles. The van der Waals surface area contributed by atoms with Gasteiger partial charge in [0.15, 0.2) is 0 Å². The highest BCUT2D eigenvalue weighted by Gasteiger charge is 2.29. The van der Waals surface area contributed by atoms with Crippen LogP contribution in [-0.2, 0) is 24.4 Å². The molecule has 11 heteroatoms. The van der Waals surface area contributed by atoms with Gasteiger partial charge in [0.25, 0.3) is 0 Å². The van der Waals surface area contributed by atoms with Gasteiger partial charge in [-0.15, -0.1) is 0 Å². The summed E-state index contributed by atoms with van der Waals surface area (Å²) in [5, 5.41) is 16.9. The van der Waals surface area contributed by atoms with Crippen LogP contribution in [0, 0.1) is 11.3 Å². The summed E-state index contributed by atoms with van der Waals surface area (Å²) in [7, 11) is 0. The molecule has 1 aliphatic carbocycles. The maximum absolute atomic E-state index is 11.7. The SMILES string of the molecule is N#Cc1cncc(COc2cc(O[C@H]3CCc4c(-c5cccc(OCCCN6CCCCC6)c5Cl)cccc43)c(Cl)cc2CNC[C@@H]2CCC(=O)N2)c1. The average Bonchev–Trinajstić information content (AvgIpc) is 3.80. The average molecular weight is 755 g/mol. The Hall–Kier alpha value is -4.33. The second-order valence-corrected chi connectivity index (χ2v) is 14.8. The molecule has 3 aromatic carbocycles. The molecule has 0 saturated carbocycles. The molecule has 2 atom stereocenters. The Morgan fingerprint density at radius 1 is 0.943 bits per heavy atom. The Labute approximate surface area is 321 Å². The van der Waals surface area contributed by atoms with Crippen molar-refractivity contribution in [2.75, 3.05) is 32.8 Å². The molecule has 3 heterocycles. The van der Waals surface area contributed by atoms with Gasteiger partial charge in [-0.3, -0.25) is 9.78 Å². The van der Waals surface area contributed by atoms with Gasteiger partial charge in [-0.25, -0.2) is 0 Å². The molecule has 2 N–H and O–H groups in total. The van der Waals surface area contributed by atoms with Crippen molar-refractivity contribution in [1.29, 1.82) is 5.26 Å². The lowest BCUT2D eigenvalue weighted by molar-refractivity contribution is -0.119. The molecular formula is C42H45Cl2N5O4. The van der Waals surface area contributed by atoms with Crippen molar-refractivity contribution in [3.8, 4) is 34.4 Å². The van der Waals surface area contributed by atoms with E-state index in [9.17, 15) is 10.1 Å². The second-order valence-electron chi connectivity index (χ2n) is 14.0. The molecule has 1 amide bonds. The first-order chi connectivity index (χ1) is 25.9. The van der Waals surface area contributed by atoms with Crippen LogP contribution < -0.4 is 24.8 Å². The van der Waals surface area contributed by atoms with Gasteiger partial charge in [0.2, 0.25) is 5.91 Å². The van der Waals surface area contributed by atoms with Gasteiger partial charge in [-0.1, -0.05) is 60.0 Å². The number of nitrogens with one attached hydrogen (secondary N) is 2. The third-order valence-electron chi connectivity index (χ3n) is 10.3. The summed E-state index contributed by atoms with van der Waals surface area (Å²) in [4.78, 5) is 18.4. The second kappa shape index (κ2) is 17.7. The third kappa shape index (κ3) is 9.25. The lowest BCUT2D eigenvalue weighted by Gasteiger charge is -2.26. The fourth-order valence-corrected chi connectivity index (χ4v) is 8.08. The quantitative estimate of drug-likeness (QED) is 0.117. The van der Waals surface area contributed by atoms with Gasteiger partial charge in [-0.05, 0) is 86.5 Å². The number of aromatic nitrogens is 1. The van der Waals surface area contributed by atoms with E-state index in [1.165, 1.54) is 44.1 Å². The molecule has 4 aromatic rings. The van der Waals surface area contributed by atoms with E-state index in [2.05, 4.69) is 50.9 Å². The fraction of sp³-hybridized carbons (Fsp3) is 0.405. The van der Waals surface area contributed by atoms with Crippen LogP contribution in [-0.4, -0.2) is 54.6 Å². The zero-order chi connectivity index (χ0) is 36.6. The summed E-state index contributed by atoms with van der Waals surface area (Å²) in [6.45, 7) is 5.38.